The standard InChI is InChI=1S/C24H20FN5O3S/c1-16-5-11-20(12-6-16)29-22(14-26-23(31)18-3-2-4-21(13-18)30(32)33)27-28-24(29)34-15-17-7-9-19(25)10-8-17/h2-13H,14-15H2,1H3,(H,26,31). The van der Waals surface area contributed by atoms with Gasteiger partial charge in [0.25, 0.3) is 11.6 Å². The van der Waals surface area contributed by atoms with Crippen molar-refractivity contribution < 1.29 is 14.1 Å². The molecule has 0 fully saturated rings. The number of nitro benzene ring substituents is 1. The van der Waals surface area contributed by atoms with Gasteiger partial charge >= 0.3 is 0 Å². The van der Waals surface area contributed by atoms with Crippen molar-refractivity contribution in [2.24, 2.45) is 0 Å². The van der Waals surface area contributed by atoms with E-state index in [1.165, 1.54) is 48.2 Å². The molecule has 1 amide bonds. The molecular formula is C24H20FN5O3S. The SMILES string of the molecule is Cc1ccc(-n2c(CNC(=O)c3cccc([N+](=O)[O-])c3)nnc2SCc2ccc(F)cc2)cc1. The maximum absolute atomic E-state index is 13.2. The average molecular weight is 478 g/mol. The van der Waals surface area contributed by atoms with Gasteiger partial charge in [-0.3, -0.25) is 19.5 Å². The number of nitro groups is 1. The third kappa shape index (κ3) is 5.46. The van der Waals surface area contributed by atoms with Crippen molar-refractivity contribution in [2.75, 3.05) is 0 Å². The summed E-state index contributed by atoms with van der Waals surface area (Å²) in [4.78, 5) is 23.1. The smallest absolute Gasteiger partial charge is 0.270 e. The minimum atomic E-state index is -0.546. The Morgan fingerprint density at radius 3 is 2.53 bits per heavy atom. The van der Waals surface area contributed by atoms with E-state index in [4.69, 9.17) is 0 Å². The summed E-state index contributed by atoms with van der Waals surface area (Å²) >= 11 is 1.44. The van der Waals surface area contributed by atoms with Gasteiger partial charge in [-0.2, -0.15) is 0 Å². The number of nitrogens with one attached hydrogen (secondary N) is 1. The predicted molar refractivity (Wildman–Crippen MR) is 126 cm³/mol. The van der Waals surface area contributed by atoms with Crippen LogP contribution in [0.1, 0.15) is 27.3 Å². The number of halogens is 1. The number of benzene rings is 3. The molecule has 1 N–H and O–H groups in total. The van der Waals surface area contributed by atoms with Gasteiger partial charge < -0.3 is 5.32 Å². The number of carbonyl (C=O) groups excluding carboxylic acids is 1. The summed E-state index contributed by atoms with van der Waals surface area (Å²) in [5.74, 6) is 0.315. The fourth-order valence-corrected chi connectivity index (χ4v) is 4.14. The molecule has 0 atom stereocenters. The lowest BCUT2D eigenvalue weighted by atomic mass is 10.2. The molecule has 10 heteroatoms. The largest absolute Gasteiger partial charge is 0.345 e. The lowest BCUT2D eigenvalue weighted by molar-refractivity contribution is -0.384. The second-order valence-corrected chi connectivity index (χ2v) is 8.42. The first-order valence-corrected chi connectivity index (χ1v) is 11.3. The fraction of sp³-hybridized carbons (Fsp3) is 0.125. The van der Waals surface area contributed by atoms with Crippen molar-refractivity contribution in [3.8, 4) is 5.69 Å². The van der Waals surface area contributed by atoms with Crippen molar-refractivity contribution >= 4 is 23.4 Å². The number of nitrogens with zero attached hydrogens (tertiary/aromatic N) is 4. The van der Waals surface area contributed by atoms with Gasteiger partial charge in [-0.15, -0.1) is 10.2 Å². The Labute approximate surface area is 199 Å². The summed E-state index contributed by atoms with van der Waals surface area (Å²) in [6.45, 7) is 2.06. The zero-order valence-corrected chi connectivity index (χ0v) is 19.0. The molecule has 0 spiro atoms. The van der Waals surface area contributed by atoms with E-state index >= 15 is 0 Å². The van der Waals surface area contributed by atoms with Crippen LogP contribution in [0.4, 0.5) is 10.1 Å². The Bertz CT molecular complexity index is 1320. The van der Waals surface area contributed by atoms with Crippen molar-refractivity contribution in [1.29, 1.82) is 0 Å². The van der Waals surface area contributed by atoms with Crippen LogP contribution in [0.5, 0.6) is 0 Å². The molecule has 0 bridgehead atoms. The van der Waals surface area contributed by atoms with E-state index in [0.29, 0.717) is 16.7 Å². The fourth-order valence-electron chi connectivity index (χ4n) is 3.21. The molecule has 0 aliphatic rings. The van der Waals surface area contributed by atoms with Gasteiger partial charge in [0.05, 0.1) is 11.5 Å². The van der Waals surface area contributed by atoms with Crippen LogP contribution in [0.3, 0.4) is 0 Å². The number of hydrogen-bond acceptors (Lipinski definition) is 6. The number of hydrogen-bond donors (Lipinski definition) is 1. The number of amides is 1. The van der Waals surface area contributed by atoms with E-state index in [0.717, 1.165) is 16.8 Å². The van der Waals surface area contributed by atoms with Crippen LogP contribution in [-0.4, -0.2) is 25.6 Å². The van der Waals surface area contributed by atoms with Gasteiger partial charge in [-0.25, -0.2) is 4.39 Å². The van der Waals surface area contributed by atoms with Crippen LogP contribution >= 0.6 is 11.8 Å². The molecule has 0 aliphatic heterocycles. The Morgan fingerprint density at radius 2 is 1.82 bits per heavy atom. The molecule has 3 aromatic carbocycles. The molecule has 4 aromatic rings. The lowest BCUT2D eigenvalue weighted by Crippen LogP contribution is -2.24. The lowest BCUT2D eigenvalue weighted by Gasteiger charge is -2.11. The highest BCUT2D eigenvalue weighted by molar-refractivity contribution is 7.98. The summed E-state index contributed by atoms with van der Waals surface area (Å²) in [7, 11) is 0. The van der Waals surface area contributed by atoms with E-state index in [2.05, 4.69) is 15.5 Å². The van der Waals surface area contributed by atoms with E-state index in [1.54, 1.807) is 12.1 Å². The third-order valence-electron chi connectivity index (χ3n) is 5.00. The summed E-state index contributed by atoms with van der Waals surface area (Å²) in [5.41, 5.74) is 2.89. The highest BCUT2D eigenvalue weighted by atomic mass is 32.2. The highest BCUT2D eigenvalue weighted by Crippen LogP contribution is 2.26. The molecule has 8 nitrogen and oxygen atoms in total. The van der Waals surface area contributed by atoms with E-state index < -0.39 is 10.8 Å². The van der Waals surface area contributed by atoms with E-state index in [9.17, 15) is 19.3 Å². The second kappa shape index (κ2) is 10.3. The van der Waals surface area contributed by atoms with Gasteiger partial charge in [0.1, 0.15) is 5.82 Å². The van der Waals surface area contributed by atoms with Crippen molar-refractivity contribution in [2.45, 2.75) is 24.4 Å². The molecule has 34 heavy (non-hydrogen) atoms. The third-order valence-corrected chi connectivity index (χ3v) is 6.00. The highest BCUT2D eigenvalue weighted by Gasteiger charge is 2.17. The molecule has 1 heterocycles. The Morgan fingerprint density at radius 1 is 1.09 bits per heavy atom. The number of rotatable bonds is 8. The first-order chi connectivity index (χ1) is 16.4. The maximum Gasteiger partial charge on any atom is 0.270 e. The molecule has 0 aliphatic carbocycles. The van der Waals surface area contributed by atoms with Gasteiger partial charge in [-0.05, 0) is 42.8 Å². The minimum absolute atomic E-state index is 0.0690. The zero-order valence-electron chi connectivity index (χ0n) is 18.1. The maximum atomic E-state index is 13.2. The molecule has 172 valence electrons. The minimum Gasteiger partial charge on any atom is -0.345 e. The summed E-state index contributed by atoms with van der Waals surface area (Å²) < 4.78 is 15.1. The van der Waals surface area contributed by atoms with Crippen LogP contribution in [0, 0.1) is 22.9 Å². The number of aromatic nitrogens is 3. The monoisotopic (exact) mass is 477 g/mol. The van der Waals surface area contributed by atoms with Crippen molar-refractivity contribution in [1.82, 2.24) is 20.1 Å². The Balaban J connectivity index is 1.56. The van der Waals surface area contributed by atoms with Crippen LogP contribution < -0.4 is 5.32 Å². The predicted octanol–water partition coefficient (Wildman–Crippen LogP) is 4.85. The van der Waals surface area contributed by atoms with E-state index in [1.807, 2.05) is 35.8 Å². The van der Waals surface area contributed by atoms with Crippen LogP contribution in [0.25, 0.3) is 5.69 Å². The summed E-state index contributed by atoms with van der Waals surface area (Å²) in [6, 6.07) is 19.6. The van der Waals surface area contributed by atoms with E-state index in [-0.39, 0.29) is 23.6 Å². The van der Waals surface area contributed by atoms with Gasteiger partial charge in [0.15, 0.2) is 11.0 Å². The van der Waals surface area contributed by atoms with Crippen molar-refractivity contribution in [3.05, 3.63) is 111 Å². The van der Waals surface area contributed by atoms with Gasteiger partial charge in [0.2, 0.25) is 0 Å². The number of aryl methyl sites for hydroxylation is 1. The molecule has 4 rings (SSSR count). The zero-order chi connectivity index (χ0) is 24.1. The van der Waals surface area contributed by atoms with Crippen LogP contribution in [0.15, 0.2) is 78.0 Å². The topological polar surface area (TPSA) is 103 Å². The number of carbonyl (C=O) groups is 1. The number of non-ortho nitro benzene ring substituents is 1. The van der Waals surface area contributed by atoms with Crippen LogP contribution in [-0.2, 0) is 12.3 Å². The summed E-state index contributed by atoms with van der Waals surface area (Å²) in [6.07, 6.45) is 0. The first kappa shape index (κ1) is 23.1. The molecule has 1 aromatic heterocycles. The molecular weight excluding hydrogens is 457 g/mol. The molecule has 0 saturated heterocycles. The van der Waals surface area contributed by atoms with Gasteiger partial charge in [0, 0.05) is 29.1 Å². The molecule has 0 saturated carbocycles. The average Bonchev–Trinajstić information content (AvgIpc) is 3.25. The normalized spacial score (nSPS) is 10.8. The second-order valence-electron chi connectivity index (χ2n) is 7.48. The van der Waals surface area contributed by atoms with Crippen LogP contribution in [0.2, 0.25) is 0 Å². The molecule has 0 radical (unpaired) electrons. The Hall–Kier alpha value is -4.05. The quantitative estimate of drug-likeness (QED) is 0.221. The summed E-state index contributed by atoms with van der Waals surface area (Å²) in [5, 5.41) is 22.9. The Kier molecular flexibility index (Phi) is 6.98. The molecule has 0 unspecified atom stereocenters. The number of thioether (sulfide) groups is 1. The first-order valence-electron chi connectivity index (χ1n) is 10.3. The van der Waals surface area contributed by atoms with Gasteiger partial charge in [-0.1, -0.05) is 47.7 Å². The van der Waals surface area contributed by atoms with Crippen molar-refractivity contribution in [3.63, 3.8) is 0 Å².